The van der Waals surface area contributed by atoms with Gasteiger partial charge < -0.3 is 0 Å². The second kappa shape index (κ2) is 5.66. The van der Waals surface area contributed by atoms with E-state index in [1.165, 1.54) is 5.57 Å². The Morgan fingerprint density at radius 1 is 1.42 bits per heavy atom. The molecule has 0 aromatic rings. The molecule has 0 fully saturated rings. The molecule has 0 unspecified atom stereocenters. The maximum atomic E-state index is 5.96. The second-order valence-corrected chi connectivity index (χ2v) is 4.66. The lowest BCUT2D eigenvalue weighted by atomic mass is 10.1. The molecule has 0 nitrogen and oxygen atoms in total. The van der Waals surface area contributed by atoms with Crippen LogP contribution in [0.3, 0.4) is 0 Å². The summed E-state index contributed by atoms with van der Waals surface area (Å²) in [6.07, 6.45) is 7.02. The van der Waals surface area contributed by atoms with E-state index in [1.54, 1.807) is 0 Å². The Bertz CT molecular complexity index is 173. The molecule has 0 atom stereocenters. The van der Waals surface area contributed by atoms with Crippen LogP contribution in [0, 0.1) is 0 Å². The molecule has 0 aliphatic rings. The molecule has 0 saturated heterocycles. The molecular weight excluding hydrogens is 191 g/mol. The zero-order valence-electron chi connectivity index (χ0n) is 7.90. The fraction of sp³-hybridized carbons (Fsp3) is 0.600. The van der Waals surface area contributed by atoms with Crippen LogP contribution in [-0.2, 0) is 0 Å². The summed E-state index contributed by atoms with van der Waals surface area (Å²) in [4.78, 5) is -0.235. The molecule has 0 aromatic carbocycles. The molecule has 12 heavy (non-hydrogen) atoms. The van der Waals surface area contributed by atoms with Gasteiger partial charge in [0.1, 0.15) is 0 Å². The Morgan fingerprint density at radius 3 is 2.42 bits per heavy atom. The quantitative estimate of drug-likeness (QED) is 0.480. The summed E-state index contributed by atoms with van der Waals surface area (Å²) in [7, 11) is 0. The first kappa shape index (κ1) is 12.1. The molecule has 0 saturated carbocycles. The first-order chi connectivity index (χ1) is 5.45. The van der Waals surface area contributed by atoms with Crippen LogP contribution in [0.1, 0.15) is 27.2 Å². The lowest BCUT2D eigenvalue weighted by Gasteiger charge is -2.07. The number of halogens is 2. The van der Waals surface area contributed by atoms with E-state index < -0.39 is 0 Å². The zero-order chi connectivity index (χ0) is 9.61. The van der Waals surface area contributed by atoms with Gasteiger partial charge in [0.05, 0.1) is 4.87 Å². The SMILES string of the molecule is CC(=CCCl)CC=CC(C)(C)Cl. The Balaban J connectivity index is 3.83. The number of hydrogen-bond acceptors (Lipinski definition) is 0. The van der Waals surface area contributed by atoms with Crippen molar-refractivity contribution < 1.29 is 0 Å². The van der Waals surface area contributed by atoms with Gasteiger partial charge in [-0.15, -0.1) is 23.2 Å². The third-order valence-electron chi connectivity index (χ3n) is 1.38. The Morgan fingerprint density at radius 2 is 2.00 bits per heavy atom. The molecule has 0 aromatic heterocycles. The van der Waals surface area contributed by atoms with E-state index in [4.69, 9.17) is 23.2 Å². The van der Waals surface area contributed by atoms with Crippen LogP contribution in [-0.4, -0.2) is 10.8 Å². The molecule has 0 rings (SSSR count). The first-order valence-electron chi connectivity index (χ1n) is 4.04. The van der Waals surface area contributed by atoms with E-state index in [0.29, 0.717) is 5.88 Å². The van der Waals surface area contributed by atoms with Gasteiger partial charge in [0, 0.05) is 5.88 Å². The third kappa shape index (κ3) is 8.16. The molecule has 0 heterocycles. The largest absolute Gasteiger partial charge is 0.122 e. The smallest absolute Gasteiger partial charge is 0.0569 e. The number of allylic oxidation sites excluding steroid dienone is 4. The van der Waals surface area contributed by atoms with Crippen LogP contribution < -0.4 is 0 Å². The van der Waals surface area contributed by atoms with E-state index in [9.17, 15) is 0 Å². The number of rotatable bonds is 4. The van der Waals surface area contributed by atoms with Gasteiger partial charge in [-0.2, -0.15) is 0 Å². The van der Waals surface area contributed by atoms with E-state index in [0.717, 1.165) is 6.42 Å². The fourth-order valence-electron chi connectivity index (χ4n) is 0.740. The Kier molecular flexibility index (Phi) is 5.69. The van der Waals surface area contributed by atoms with Crippen molar-refractivity contribution in [3.8, 4) is 0 Å². The minimum Gasteiger partial charge on any atom is -0.122 e. The molecule has 0 spiro atoms. The van der Waals surface area contributed by atoms with Crippen molar-refractivity contribution in [3.63, 3.8) is 0 Å². The normalized spacial score (nSPS) is 14.2. The van der Waals surface area contributed by atoms with Gasteiger partial charge in [-0.1, -0.05) is 23.8 Å². The fourth-order valence-corrected chi connectivity index (χ4v) is 1.09. The summed E-state index contributed by atoms with van der Waals surface area (Å²) in [5.74, 6) is 0.587. The second-order valence-electron chi connectivity index (χ2n) is 3.38. The van der Waals surface area contributed by atoms with Gasteiger partial charge in [-0.05, 0) is 27.2 Å². The molecule has 70 valence electrons. The maximum absolute atomic E-state index is 5.96. The van der Waals surface area contributed by atoms with Crippen LogP contribution in [0.25, 0.3) is 0 Å². The topological polar surface area (TPSA) is 0 Å². The van der Waals surface area contributed by atoms with Crippen molar-refractivity contribution in [2.24, 2.45) is 0 Å². The van der Waals surface area contributed by atoms with Gasteiger partial charge in [0.15, 0.2) is 0 Å². The molecular formula is C10H16Cl2. The summed E-state index contributed by atoms with van der Waals surface area (Å²) >= 11 is 11.5. The van der Waals surface area contributed by atoms with E-state index in [2.05, 4.69) is 13.0 Å². The van der Waals surface area contributed by atoms with Gasteiger partial charge in [-0.25, -0.2) is 0 Å². The summed E-state index contributed by atoms with van der Waals surface area (Å²) in [6.45, 7) is 5.99. The maximum Gasteiger partial charge on any atom is 0.0569 e. The summed E-state index contributed by atoms with van der Waals surface area (Å²) < 4.78 is 0. The van der Waals surface area contributed by atoms with Crippen LogP contribution >= 0.6 is 23.2 Å². The highest BCUT2D eigenvalue weighted by atomic mass is 35.5. The van der Waals surface area contributed by atoms with Crippen molar-refractivity contribution >= 4 is 23.2 Å². The lowest BCUT2D eigenvalue weighted by Crippen LogP contribution is -2.03. The predicted molar refractivity (Wildman–Crippen MR) is 58.2 cm³/mol. The standard InChI is InChI=1S/C10H16Cl2/c1-9(6-8-11)5-4-7-10(2,3)12/h4,6-7H,5,8H2,1-3H3. The van der Waals surface area contributed by atoms with Crippen molar-refractivity contribution in [2.75, 3.05) is 5.88 Å². The van der Waals surface area contributed by atoms with Crippen molar-refractivity contribution in [1.29, 1.82) is 0 Å². The van der Waals surface area contributed by atoms with Gasteiger partial charge >= 0.3 is 0 Å². The summed E-state index contributed by atoms with van der Waals surface area (Å²) in [5, 5.41) is 0. The molecule has 0 N–H and O–H groups in total. The van der Waals surface area contributed by atoms with Gasteiger partial charge in [0.2, 0.25) is 0 Å². The van der Waals surface area contributed by atoms with Crippen molar-refractivity contribution in [2.45, 2.75) is 32.1 Å². The molecule has 0 aliphatic heterocycles. The van der Waals surface area contributed by atoms with Crippen molar-refractivity contribution in [3.05, 3.63) is 23.8 Å². The average Bonchev–Trinajstić information content (AvgIpc) is 1.84. The zero-order valence-corrected chi connectivity index (χ0v) is 9.41. The molecule has 0 radical (unpaired) electrons. The van der Waals surface area contributed by atoms with E-state index in [1.807, 2.05) is 26.0 Å². The first-order valence-corrected chi connectivity index (χ1v) is 4.95. The molecule has 0 bridgehead atoms. The minimum absolute atomic E-state index is 0.235. The van der Waals surface area contributed by atoms with E-state index >= 15 is 0 Å². The number of hydrogen-bond donors (Lipinski definition) is 0. The Labute approximate surface area is 85.3 Å². The highest BCUT2D eigenvalue weighted by molar-refractivity contribution is 6.24. The van der Waals surface area contributed by atoms with E-state index in [-0.39, 0.29) is 4.87 Å². The average molecular weight is 207 g/mol. The highest BCUT2D eigenvalue weighted by Crippen LogP contribution is 2.15. The molecule has 0 aliphatic carbocycles. The highest BCUT2D eigenvalue weighted by Gasteiger charge is 2.05. The number of alkyl halides is 2. The monoisotopic (exact) mass is 206 g/mol. The Hall–Kier alpha value is 0.0600. The predicted octanol–water partition coefficient (Wildman–Crippen LogP) is 4.14. The molecule has 2 heteroatoms. The molecule has 0 amide bonds. The van der Waals surface area contributed by atoms with Gasteiger partial charge in [-0.3, -0.25) is 0 Å². The lowest BCUT2D eigenvalue weighted by molar-refractivity contribution is 0.876. The third-order valence-corrected chi connectivity index (χ3v) is 1.66. The van der Waals surface area contributed by atoms with Gasteiger partial charge in [0.25, 0.3) is 0 Å². The van der Waals surface area contributed by atoms with Crippen LogP contribution in [0.15, 0.2) is 23.8 Å². The van der Waals surface area contributed by atoms with Crippen LogP contribution in [0.5, 0.6) is 0 Å². The van der Waals surface area contributed by atoms with Crippen molar-refractivity contribution in [1.82, 2.24) is 0 Å². The minimum atomic E-state index is -0.235. The summed E-state index contributed by atoms with van der Waals surface area (Å²) in [5.41, 5.74) is 1.28. The van der Waals surface area contributed by atoms with Crippen LogP contribution in [0.4, 0.5) is 0 Å². The summed E-state index contributed by atoms with van der Waals surface area (Å²) in [6, 6.07) is 0. The van der Waals surface area contributed by atoms with Crippen LogP contribution in [0.2, 0.25) is 0 Å².